The van der Waals surface area contributed by atoms with Crippen molar-refractivity contribution in [2.45, 2.75) is 19.8 Å². The summed E-state index contributed by atoms with van der Waals surface area (Å²) in [5.41, 5.74) is 2.75. The van der Waals surface area contributed by atoms with E-state index in [-0.39, 0.29) is 5.78 Å². The van der Waals surface area contributed by atoms with Crippen molar-refractivity contribution in [3.05, 3.63) is 29.6 Å². The molecule has 0 saturated carbocycles. The van der Waals surface area contributed by atoms with E-state index >= 15 is 0 Å². The van der Waals surface area contributed by atoms with Crippen LogP contribution in [0, 0.1) is 18.3 Å². The highest BCUT2D eigenvalue weighted by Gasteiger charge is 2.19. The summed E-state index contributed by atoms with van der Waals surface area (Å²) in [6.07, 6.45) is 0. The molecule has 2 rings (SSSR count). The number of nitriles is 1. The van der Waals surface area contributed by atoms with Gasteiger partial charge in [0.25, 0.3) is 0 Å². The third-order valence-electron chi connectivity index (χ3n) is 2.46. The number of H-pyrrole nitrogens is 1. The van der Waals surface area contributed by atoms with E-state index in [0.29, 0.717) is 5.82 Å². The van der Waals surface area contributed by atoms with Crippen molar-refractivity contribution in [1.29, 1.82) is 5.26 Å². The van der Waals surface area contributed by atoms with E-state index in [1.165, 1.54) is 6.92 Å². The number of aromatic nitrogens is 2. The molecule has 4 nitrogen and oxygen atoms in total. The van der Waals surface area contributed by atoms with Crippen LogP contribution < -0.4 is 0 Å². The van der Waals surface area contributed by atoms with E-state index in [4.69, 9.17) is 5.26 Å². The minimum Gasteiger partial charge on any atom is -0.340 e. The normalized spacial score (nSPS) is 12.3. The second kappa shape index (κ2) is 3.78. The number of nitrogens with zero attached hydrogens (tertiary/aromatic N) is 2. The molecule has 0 bridgehead atoms. The highest BCUT2D eigenvalue weighted by molar-refractivity contribution is 5.86. The van der Waals surface area contributed by atoms with E-state index in [9.17, 15) is 4.79 Å². The number of hydrogen-bond donors (Lipinski definition) is 1. The number of carbonyl (C=O) groups excluding carboxylic acids is 1. The summed E-state index contributed by atoms with van der Waals surface area (Å²) in [5, 5.41) is 8.90. The molecule has 1 atom stereocenters. The van der Waals surface area contributed by atoms with Crippen molar-refractivity contribution >= 4 is 16.8 Å². The molecule has 1 unspecified atom stereocenters. The zero-order chi connectivity index (χ0) is 11.7. The molecular weight excluding hydrogens is 202 g/mol. The number of rotatable bonds is 2. The van der Waals surface area contributed by atoms with Crippen LogP contribution >= 0.6 is 0 Å². The van der Waals surface area contributed by atoms with Gasteiger partial charge in [0, 0.05) is 0 Å². The van der Waals surface area contributed by atoms with Crippen molar-refractivity contribution in [1.82, 2.24) is 9.97 Å². The number of imidazole rings is 1. The van der Waals surface area contributed by atoms with Gasteiger partial charge in [-0.15, -0.1) is 0 Å². The second-order valence-electron chi connectivity index (χ2n) is 3.82. The average molecular weight is 213 g/mol. The number of aromatic amines is 1. The number of hydrogen-bond acceptors (Lipinski definition) is 3. The van der Waals surface area contributed by atoms with Gasteiger partial charge < -0.3 is 4.98 Å². The Balaban J connectivity index is 2.55. The highest BCUT2D eigenvalue weighted by Crippen LogP contribution is 2.18. The van der Waals surface area contributed by atoms with E-state index in [0.717, 1.165) is 16.6 Å². The van der Waals surface area contributed by atoms with Gasteiger partial charge in [-0.3, -0.25) is 4.79 Å². The zero-order valence-electron chi connectivity index (χ0n) is 9.11. The lowest BCUT2D eigenvalue weighted by Crippen LogP contribution is -2.07. The Labute approximate surface area is 92.9 Å². The first kappa shape index (κ1) is 10.4. The van der Waals surface area contributed by atoms with Crippen LogP contribution in [0.3, 0.4) is 0 Å². The number of nitrogens with one attached hydrogen (secondary N) is 1. The quantitative estimate of drug-likeness (QED) is 0.830. The molecule has 16 heavy (non-hydrogen) atoms. The molecule has 0 aliphatic heterocycles. The fourth-order valence-electron chi connectivity index (χ4n) is 1.62. The molecule has 0 amide bonds. The standard InChI is InChI=1S/C12H11N3O/c1-7-3-4-10-11(5-7)15-12(14-10)9(6-13)8(2)16/h3-5,9H,1-2H3,(H,14,15). The summed E-state index contributed by atoms with van der Waals surface area (Å²) < 4.78 is 0. The number of ketones is 1. The molecule has 4 heteroatoms. The molecule has 0 saturated heterocycles. The topological polar surface area (TPSA) is 69.5 Å². The maximum atomic E-state index is 11.2. The molecule has 1 aromatic carbocycles. The predicted octanol–water partition coefficient (Wildman–Crippen LogP) is 2.07. The monoisotopic (exact) mass is 213 g/mol. The smallest absolute Gasteiger partial charge is 0.162 e. The molecule has 0 aliphatic rings. The SMILES string of the molecule is CC(=O)C(C#N)c1nc2ccc(C)cc2[nH]1. The molecule has 0 spiro atoms. The van der Waals surface area contributed by atoms with Gasteiger partial charge in [0.15, 0.2) is 11.7 Å². The lowest BCUT2D eigenvalue weighted by molar-refractivity contribution is -0.117. The molecule has 80 valence electrons. The molecule has 1 aromatic heterocycles. The third-order valence-corrected chi connectivity index (χ3v) is 2.46. The molecule has 0 radical (unpaired) electrons. The fourth-order valence-corrected chi connectivity index (χ4v) is 1.62. The molecular formula is C12H11N3O. The first-order valence-corrected chi connectivity index (χ1v) is 4.98. The van der Waals surface area contributed by atoms with Crippen molar-refractivity contribution < 1.29 is 4.79 Å². The van der Waals surface area contributed by atoms with Crippen LogP contribution in [0.15, 0.2) is 18.2 Å². The third kappa shape index (κ3) is 1.68. The molecule has 1 heterocycles. The Morgan fingerprint density at radius 2 is 2.31 bits per heavy atom. The Morgan fingerprint density at radius 3 is 2.94 bits per heavy atom. The number of aryl methyl sites for hydroxylation is 1. The van der Waals surface area contributed by atoms with E-state index in [1.807, 2.05) is 31.2 Å². The molecule has 1 N–H and O–H groups in total. The highest BCUT2D eigenvalue weighted by atomic mass is 16.1. The van der Waals surface area contributed by atoms with Gasteiger partial charge >= 0.3 is 0 Å². The number of carbonyl (C=O) groups is 1. The first-order chi connectivity index (χ1) is 7.61. The Kier molecular flexibility index (Phi) is 2.45. The van der Waals surface area contributed by atoms with Crippen molar-refractivity contribution in [3.8, 4) is 6.07 Å². The van der Waals surface area contributed by atoms with Crippen LogP contribution in [0.1, 0.15) is 24.2 Å². The summed E-state index contributed by atoms with van der Waals surface area (Å²) in [6.45, 7) is 3.37. The Morgan fingerprint density at radius 1 is 1.56 bits per heavy atom. The van der Waals surface area contributed by atoms with Crippen molar-refractivity contribution in [3.63, 3.8) is 0 Å². The summed E-state index contributed by atoms with van der Waals surface area (Å²) in [5.74, 6) is -0.568. The van der Waals surface area contributed by atoms with Crippen molar-refractivity contribution in [2.24, 2.45) is 0 Å². The van der Waals surface area contributed by atoms with E-state index in [2.05, 4.69) is 9.97 Å². The number of benzene rings is 1. The van der Waals surface area contributed by atoms with Crippen LogP contribution in [0.4, 0.5) is 0 Å². The van der Waals surface area contributed by atoms with Gasteiger partial charge in [-0.05, 0) is 31.5 Å². The van der Waals surface area contributed by atoms with Crippen LogP contribution in [0.5, 0.6) is 0 Å². The van der Waals surface area contributed by atoms with Crippen molar-refractivity contribution in [2.75, 3.05) is 0 Å². The lowest BCUT2D eigenvalue weighted by Gasteiger charge is -1.98. The first-order valence-electron chi connectivity index (χ1n) is 4.98. The zero-order valence-corrected chi connectivity index (χ0v) is 9.11. The van der Waals surface area contributed by atoms with Gasteiger partial charge in [0.05, 0.1) is 17.1 Å². The molecule has 0 aliphatic carbocycles. The second-order valence-corrected chi connectivity index (χ2v) is 3.82. The van der Waals surface area contributed by atoms with Gasteiger partial charge in [-0.25, -0.2) is 4.98 Å². The van der Waals surface area contributed by atoms with E-state index < -0.39 is 5.92 Å². The van der Waals surface area contributed by atoms with Gasteiger partial charge in [-0.1, -0.05) is 6.07 Å². The summed E-state index contributed by atoms with van der Waals surface area (Å²) >= 11 is 0. The summed E-state index contributed by atoms with van der Waals surface area (Å²) in [7, 11) is 0. The summed E-state index contributed by atoms with van der Waals surface area (Å²) in [4.78, 5) is 18.5. The maximum absolute atomic E-state index is 11.2. The van der Waals surface area contributed by atoms with Crippen LogP contribution in [0.2, 0.25) is 0 Å². The summed E-state index contributed by atoms with van der Waals surface area (Å²) in [6, 6.07) is 7.72. The molecule has 2 aromatic rings. The lowest BCUT2D eigenvalue weighted by atomic mass is 10.1. The Bertz CT molecular complexity index is 592. The van der Waals surface area contributed by atoms with Gasteiger partial charge in [0.2, 0.25) is 0 Å². The minimum absolute atomic E-state index is 0.196. The number of fused-ring (bicyclic) bond motifs is 1. The molecule has 0 fully saturated rings. The van der Waals surface area contributed by atoms with Gasteiger partial charge in [0.1, 0.15) is 5.82 Å². The largest absolute Gasteiger partial charge is 0.340 e. The minimum atomic E-state index is -0.798. The van der Waals surface area contributed by atoms with Gasteiger partial charge in [-0.2, -0.15) is 5.26 Å². The average Bonchev–Trinajstić information content (AvgIpc) is 2.60. The predicted molar refractivity (Wildman–Crippen MR) is 59.9 cm³/mol. The maximum Gasteiger partial charge on any atom is 0.162 e. The van der Waals surface area contributed by atoms with E-state index in [1.54, 1.807) is 0 Å². The van der Waals surface area contributed by atoms with Crippen LogP contribution in [0.25, 0.3) is 11.0 Å². The number of Topliss-reactive ketones (excluding diaryl/α,β-unsaturated/α-hetero) is 1. The fraction of sp³-hybridized carbons (Fsp3) is 0.250. The van der Waals surface area contributed by atoms with Crippen LogP contribution in [-0.4, -0.2) is 15.8 Å². The van der Waals surface area contributed by atoms with Crippen LogP contribution in [-0.2, 0) is 4.79 Å². The Hall–Kier alpha value is -2.15.